The number of rotatable bonds is 6. The lowest BCUT2D eigenvalue weighted by Crippen LogP contribution is -2.10. The van der Waals surface area contributed by atoms with E-state index in [1.165, 1.54) is 6.26 Å². The van der Waals surface area contributed by atoms with Crippen LogP contribution in [0.1, 0.15) is 41.9 Å². The summed E-state index contributed by atoms with van der Waals surface area (Å²) in [4.78, 5) is 8.94. The highest BCUT2D eigenvalue weighted by atomic mass is 32.2. The minimum atomic E-state index is -3.24. The molecule has 3 aromatic heterocycles. The molecule has 0 aliphatic rings. The molecule has 3 heterocycles. The predicted octanol–water partition coefficient (Wildman–Crippen LogP) is 3.07. The van der Waals surface area contributed by atoms with Gasteiger partial charge >= 0.3 is 0 Å². The van der Waals surface area contributed by atoms with Gasteiger partial charge in [0.15, 0.2) is 15.7 Å². The van der Waals surface area contributed by atoms with Crippen LogP contribution in [-0.2, 0) is 22.1 Å². The zero-order valence-electron chi connectivity index (χ0n) is 15.8. The SMILES string of the molecule is Cc1ccc(C(C)c2noc(Cn3c(CS(C)(=O)=O)nc4ccccc43)n2)o1. The Hall–Kier alpha value is -2.94. The Bertz CT molecular complexity index is 1240. The van der Waals surface area contributed by atoms with Gasteiger partial charge in [-0.3, -0.25) is 0 Å². The van der Waals surface area contributed by atoms with Gasteiger partial charge in [-0.1, -0.05) is 17.3 Å². The topological polar surface area (TPSA) is 104 Å². The summed E-state index contributed by atoms with van der Waals surface area (Å²) < 4.78 is 36.5. The van der Waals surface area contributed by atoms with Gasteiger partial charge in [0.1, 0.15) is 29.6 Å². The number of hydrogen-bond acceptors (Lipinski definition) is 7. The quantitative estimate of drug-likeness (QED) is 0.490. The van der Waals surface area contributed by atoms with Crippen LogP contribution < -0.4 is 0 Å². The highest BCUT2D eigenvalue weighted by molar-refractivity contribution is 7.89. The van der Waals surface area contributed by atoms with Gasteiger partial charge in [0.25, 0.3) is 0 Å². The van der Waals surface area contributed by atoms with Gasteiger partial charge in [-0.25, -0.2) is 13.4 Å². The van der Waals surface area contributed by atoms with E-state index in [0.29, 0.717) is 17.5 Å². The smallest absolute Gasteiger partial charge is 0.246 e. The van der Waals surface area contributed by atoms with E-state index in [1.807, 2.05) is 50.2 Å². The first-order chi connectivity index (χ1) is 13.3. The second kappa shape index (κ2) is 6.90. The van der Waals surface area contributed by atoms with E-state index in [9.17, 15) is 8.42 Å². The minimum absolute atomic E-state index is 0.152. The van der Waals surface area contributed by atoms with Crippen LogP contribution in [0.15, 0.2) is 45.3 Å². The molecule has 0 N–H and O–H groups in total. The molecular weight excluding hydrogens is 380 g/mol. The minimum Gasteiger partial charge on any atom is -0.466 e. The molecule has 9 heteroatoms. The molecule has 0 radical (unpaired) electrons. The molecule has 0 saturated heterocycles. The van der Waals surface area contributed by atoms with Gasteiger partial charge in [0.2, 0.25) is 5.89 Å². The Balaban J connectivity index is 1.67. The number of nitrogens with zero attached hydrogens (tertiary/aromatic N) is 4. The van der Waals surface area contributed by atoms with Crippen LogP contribution in [0.25, 0.3) is 11.0 Å². The van der Waals surface area contributed by atoms with Gasteiger partial charge in [0, 0.05) is 6.26 Å². The van der Waals surface area contributed by atoms with Gasteiger partial charge in [0.05, 0.1) is 17.0 Å². The van der Waals surface area contributed by atoms with Crippen molar-refractivity contribution in [2.24, 2.45) is 0 Å². The molecule has 0 amide bonds. The molecule has 0 aliphatic heterocycles. The zero-order chi connectivity index (χ0) is 19.9. The zero-order valence-corrected chi connectivity index (χ0v) is 16.6. The van der Waals surface area contributed by atoms with Crippen molar-refractivity contribution in [3.05, 3.63) is 65.5 Å². The van der Waals surface area contributed by atoms with Crippen LogP contribution in [0.2, 0.25) is 0 Å². The highest BCUT2D eigenvalue weighted by Gasteiger charge is 2.21. The van der Waals surface area contributed by atoms with E-state index < -0.39 is 9.84 Å². The van der Waals surface area contributed by atoms with Crippen molar-refractivity contribution in [3.63, 3.8) is 0 Å². The van der Waals surface area contributed by atoms with Gasteiger partial charge in [-0.15, -0.1) is 0 Å². The van der Waals surface area contributed by atoms with Crippen LogP contribution in [0.5, 0.6) is 0 Å². The van der Waals surface area contributed by atoms with E-state index in [0.717, 1.165) is 22.6 Å². The average molecular weight is 400 g/mol. The molecule has 28 heavy (non-hydrogen) atoms. The monoisotopic (exact) mass is 400 g/mol. The van der Waals surface area contributed by atoms with E-state index in [-0.39, 0.29) is 18.2 Å². The normalized spacial score (nSPS) is 13.2. The van der Waals surface area contributed by atoms with Crippen LogP contribution >= 0.6 is 0 Å². The Morgan fingerprint density at radius 3 is 2.64 bits per heavy atom. The molecule has 1 unspecified atom stereocenters. The molecule has 0 aliphatic carbocycles. The van der Waals surface area contributed by atoms with Crippen LogP contribution in [0.3, 0.4) is 0 Å². The van der Waals surface area contributed by atoms with Gasteiger partial charge < -0.3 is 13.5 Å². The molecular formula is C19H20N4O4S. The second-order valence-electron chi connectivity index (χ2n) is 6.89. The summed E-state index contributed by atoms with van der Waals surface area (Å²) in [6.07, 6.45) is 1.19. The first-order valence-electron chi connectivity index (χ1n) is 8.81. The number of aromatic nitrogens is 4. The summed E-state index contributed by atoms with van der Waals surface area (Å²) in [5, 5.41) is 4.07. The summed E-state index contributed by atoms with van der Waals surface area (Å²) in [5.74, 6) is 2.60. The summed E-state index contributed by atoms with van der Waals surface area (Å²) in [5.41, 5.74) is 1.54. The fourth-order valence-electron chi connectivity index (χ4n) is 3.10. The summed E-state index contributed by atoms with van der Waals surface area (Å²) in [6.45, 7) is 4.06. The summed E-state index contributed by atoms with van der Waals surface area (Å²) in [7, 11) is -3.24. The lowest BCUT2D eigenvalue weighted by molar-refractivity contribution is 0.362. The lowest BCUT2D eigenvalue weighted by Gasteiger charge is -2.05. The molecule has 4 rings (SSSR count). The first kappa shape index (κ1) is 18.4. The number of sulfone groups is 1. The third kappa shape index (κ3) is 3.70. The number of para-hydroxylation sites is 2. The molecule has 0 saturated carbocycles. The molecule has 8 nitrogen and oxygen atoms in total. The van der Waals surface area contributed by atoms with E-state index in [1.54, 1.807) is 4.57 Å². The van der Waals surface area contributed by atoms with Crippen LogP contribution in [-0.4, -0.2) is 34.4 Å². The average Bonchev–Trinajstić information content (AvgIpc) is 3.33. The maximum absolute atomic E-state index is 11.8. The fraction of sp³-hybridized carbons (Fsp3) is 0.316. The lowest BCUT2D eigenvalue weighted by atomic mass is 10.1. The summed E-state index contributed by atoms with van der Waals surface area (Å²) in [6, 6.07) is 11.3. The van der Waals surface area contributed by atoms with E-state index in [4.69, 9.17) is 8.94 Å². The number of imidazole rings is 1. The molecule has 4 aromatic rings. The van der Waals surface area contributed by atoms with E-state index >= 15 is 0 Å². The largest absolute Gasteiger partial charge is 0.466 e. The van der Waals surface area contributed by atoms with Gasteiger partial charge in [-0.05, 0) is 38.1 Å². The van der Waals surface area contributed by atoms with Crippen LogP contribution in [0, 0.1) is 6.92 Å². The van der Waals surface area contributed by atoms with Gasteiger partial charge in [-0.2, -0.15) is 4.98 Å². The standard InChI is InChI=1S/C19H20N4O4S/c1-12-8-9-16(26-12)13(2)19-21-18(27-22-19)10-23-15-7-5-4-6-14(15)20-17(23)11-28(3,24)25/h4-9,13H,10-11H2,1-3H3. The Kier molecular flexibility index (Phi) is 4.54. The number of hydrogen-bond donors (Lipinski definition) is 0. The first-order valence-corrected chi connectivity index (χ1v) is 10.9. The number of fused-ring (bicyclic) bond motifs is 1. The molecule has 1 atom stereocenters. The van der Waals surface area contributed by atoms with Crippen molar-refractivity contribution in [1.82, 2.24) is 19.7 Å². The third-order valence-electron chi connectivity index (χ3n) is 4.48. The Morgan fingerprint density at radius 1 is 1.14 bits per heavy atom. The molecule has 1 aromatic carbocycles. The number of benzene rings is 1. The van der Waals surface area contributed by atoms with Crippen molar-refractivity contribution in [3.8, 4) is 0 Å². The number of aryl methyl sites for hydroxylation is 1. The highest BCUT2D eigenvalue weighted by Crippen LogP contribution is 2.24. The van der Waals surface area contributed by atoms with Crippen molar-refractivity contribution in [2.45, 2.75) is 32.1 Å². The van der Waals surface area contributed by atoms with Crippen molar-refractivity contribution in [1.29, 1.82) is 0 Å². The Morgan fingerprint density at radius 2 is 1.93 bits per heavy atom. The molecule has 0 fully saturated rings. The van der Waals surface area contributed by atoms with Crippen LogP contribution in [0.4, 0.5) is 0 Å². The van der Waals surface area contributed by atoms with Crippen molar-refractivity contribution < 1.29 is 17.4 Å². The Labute approximate surface area is 162 Å². The second-order valence-corrected chi connectivity index (χ2v) is 9.03. The molecule has 0 bridgehead atoms. The van der Waals surface area contributed by atoms with Crippen molar-refractivity contribution in [2.75, 3.05) is 6.26 Å². The third-order valence-corrected chi connectivity index (χ3v) is 5.26. The predicted molar refractivity (Wildman–Crippen MR) is 103 cm³/mol. The maximum atomic E-state index is 11.8. The fourth-order valence-corrected chi connectivity index (χ4v) is 3.79. The maximum Gasteiger partial charge on any atom is 0.246 e. The molecule has 0 spiro atoms. The number of furan rings is 1. The van der Waals surface area contributed by atoms with E-state index in [2.05, 4.69) is 15.1 Å². The van der Waals surface area contributed by atoms with Crippen molar-refractivity contribution >= 4 is 20.9 Å². The molecule has 146 valence electrons. The summed E-state index contributed by atoms with van der Waals surface area (Å²) >= 11 is 0.